The molecule has 188 valence electrons. The predicted molar refractivity (Wildman–Crippen MR) is 98.4 cm³/mol. The van der Waals surface area contributed by atoms with Crippen molar-refractivity contribution >= 4 is 43.3 Å². The van der Waals surface area contributed by atoms with Crippen molar-refractivity contribution in [2.24, 2.45) is 0 Å². The third kappa shape index (κ3) is 3.82. The lowest BCUT2D eigenvalue weighted by molar-refractivity contribution is -0.248. The van der Waals surface area contributed by atoms with Crippen LogP contribution in [0.3, 0.4) is 0 Å². The monoisotopic (exact) mass is 546 g/mol. The van der Waals surface area contributed by atoms with Crippen LogP contribution in [0.25, 0.3) is 11.2 Å². The van der Waals surface area contributed by atoms with Crippen LogP contribution in [0.5, 0.6) is 11.5 Å². The molecule has 0 saturated carbocycles. The highest BCUT2D eigenvalue weighted by Crippen LogP contribution is 2.55. The highest BCUT2D eigenvalue weighted by Gasteiger charge is 2.66. The molecule has 11 nitrogen and oxygen atoms in total. The molecule has 2 aromatic heterocycles. The average molecular weight is 546 g/mol. The third-order valence-electron chi connectivity index (χ3n) is 4.51. The first-order valence-electron chi connectivity index (χ1n) is 8.73. The van der Waals surface area contributed by atoms with E-state index >= 15 is 0 Å². The van der Waals surface area contributed by atoms with Gasteiger partial charge in [-0.25, -0.2) is 9.59 Å². The minimum Gasteiger partial charge on any atom is -0.447 e. The molecular weight excluding hydrogens is 539 g/mol. The number of alkyl halides is 5. The number of ether oxygens (including phenoxy) is 2. The van der Waals surface area contributed by atoms with Crippen LogP contribution in [0, 0.1) is 0 Å². The summed E-state index contributed by atoms with van der Waals surface area (Å²) in [5.74, 6) is -5.26. The molecule has 1 atom stereocenters. The first-order chi connectivity index (χ1) is 16.0. The second kappa shape index (κ2) is 7.49. The maximum Gasteiger partial charge on any atom is 0.432 e. The molecule has 18 heteroatoms. The lowest BCUT2D eigenvalue weighted by Crippen LogP contribution is -2.52. The van der Waals surface area contributed by atoms with Crippen molar-refractivity contribution in [1.29, 1.82) is 0 Å². The van der Waals surface area contributed by atoms with Crippen LogP contribution in [0.2, 0.25) is 0 Å². The smallest absolute Gasteiger partial charge is 0.432 e. The van der Waals surface area contributed by atoms with Gasteiger partial charge in [-0.15, -0.1) is 0 Å². The molecule has 1 unspecified atom stereocenters. The molecule has 1 N–H and O–H groups in total. The van der Waals surface area contributed by atoms with Gasteiger partial charge >= 0.3 is 43.6 Å². The minimum absolute atomic E-state index is 0.104. The van der Waals surface area contributed by atoms with Gasteiger partial charge < -0.3 is 18.1 Å². The van der Waals surface area contributed by atoms with Crippen LogP contribution in [-0.2, 0) is 25.0 Å². The summed E-state index contributed by atoms with van der Waals surface area (Å²) in [5, 5.41) is -6.09. The second-order valence-electron chi connectivity index (χ2n) is 6.78. The van der Waals surface area contributed by atoms with Crippen molar-refractivity contribution in [3.8, 4) is 11.5 Å². The van der Waals surface area contributed by atoms with Gasteiger partial charge in [0.15, 0.2) is 16.1 Å². The van der Waals surface area contributed by atoms with Crippen molar-refractivity contribution in [2.45, 2.75) is 22.4 Å². The van der Waals surface area contributed by atoms with E-state index in [9.17, 15) is 48.4 Å². The lowest BCUT2D eigenvalue weighted by atomic mass is 10.2. The van der Waals surface area contributed by atoms with Crippen LogP contribution in [0.1, 0.15) is 20.7 Å². The molecule has 4 rings (SSSR count). The molecule has 3 aromatic rings. The zero-order valence-corrected chi connectivity index (χ0v) is 17.8. The number of halogens is 5. The number of rotatable bonds is 6. The molecule has 0 saturated heterocycles. The SMILES string of the molecule is O=C(Oc1c2c3oc1c(C(=O)OC(C(F)(F)F)C(F)(F)S(=O)(=O)O)c3S(=O)(=O)O2)c1ccccc1. The van der Waals surface area contributed by atoms with Gasteiger partial charge in [0.25, 0.3) is 6.10 Å². The maximum atomic E-state index is 13.8. The Balaban J connectivity index is 1.79. The summed E-state index contributed by atoms with van der Waals surface area (Å²) < 4.78 is 140. The molecule has 35 heavy (non-hydrogen) atoms. The number of esters is 2. The summed E-state index contributed by atoms with van der Waals surface area (Å²) in [4.78, 5) is 23.6. The topological polar surface area (TPSA) is 163 Å². The van der Waals surface area contributed by atoms with Gasteiger partial charge in [-0.05, 0) is 12.1 Å². The van der Waals surface area contributed by atoms with Crippen LogP contribution in [-0.4, -0.2) is 50.9 Å². The normalized spacial score (nSPS) is 16.2. The molecule has 1 aliphatic rings. The van der Waals surface area contributed by atoms with E-state index in [2.05, 4.69) is 8.92 Å². The van der Waals surface area contributed by atoms with Crippen molar-refractivity contribution in [2.75, 3.05) is 0 Å². The number of hydrogen-bond acceptors (Lipinski definition) is 10. The quantitative estimate of drug-likeness (QED) is 0.159. The number of fused-ring (bicyclic) bond motifs is 1. The first-order valence-corrected chi connectivity index (χ1v) is 11.6. The van der Waals surface area contributed by atoms with Crippen LogP contribution >= 0.6 is 0 Å². The molecule has 0 fully saturated rings. The van der Waals surface area contributed by atoms with Crippen molar-refractivity contribution in [3.05, 3.63) is 41.5 Å². The minimum atomic E-state index is -6.77. The molecule has 1 aromatic carbocycles. The van der Waals surface area contributed by atoms with Crippen molar-refractivity contribution < 1.29 is 71.0 Å². The van der Waals surface area contributed by atoms with E-state index in [1.54, 1.807) is 0 Å². The van der Waals surface area contributed by atoms with Gasteiger partial charge in [-0.3, -0.25) is 4.55 Å². The fourth-order valence-corrected chi connectivity index (χ4v) is 4.72. The van der Waals surface area contributed by atoms with Gasteiger partial charge in [0, 0.05) is 0 Å². The third-order valence-corrected chi connectivity index (χ3v) is 6.68. The fourth-order valence-electron chi connectivity index (χ4n) is 3.03. The van der Waals surface area contributed by atoms with E-state index < -0.39 is 82.8 Å². The summed E-state index contributed by atoms with van der Waals surface area (Å²) in [6.45, 7) is 0. The zero-order valence-electron chi connectivity index (χ0n) is 16.2. The van der Waals surface area contributed by atoms with E-state index in [1.165, 1.54) is 30.3 Å². The van der Waals surface area contributed by atoms with Gasteiger partial charge in [-0.2, -0.15) is 38.8 Å². The van der Waals surface area contributed by atoms with Crippen LogP contribution in [0.15, 0.2) is 39.6 Å². The summed E-state index contributed by atoms with van der Waals surface area (Å²) in [6, 6.07) is 6.87. The Kier molecular flexibility index (Phi) is 5.27. The number of hydrogen-bond donors (Lipinski definition) is 1. The second-order valence-corrected chi connectivity index (χ2v) is 9.76. The number of carbonyl (C=O) groups is 2. The van der Waals surface area contributed by atoms with E-state index in [1.807, 2.05) is 0 Å². The molecule has 0 aliphatic carbocycles. The summed E-state index contributed by atoms with van der Waals surface area (Å²) in [5.41, 5.74) is -3.35. The Morgan fingerprint density at radius 3 is 2.14 bits per heavy atom. The largest absolute Gasteiger partial charge is 0.447 e. The Bertz CT molecular complexity index is 1560. The number of benzene rings is 2. The summed E-state index contributed by atoms with van der Waals surface area (Å²) in [6.07, 6.45) is -11.0. The van der Waals surface area contributed by atoms with Crippen molar-refractivity contribution in [1.82, 2.24) is 0 Å². The molecule has 0 amide bonds. The Hall–Kier alpha value is -3.51. The molecule has 3 heterocycles. The van der Waals surface area contributed by atoms with Crippen LogP contribution in [0.4, 0.5) is 22.0 Å². The van der Waals surface area contributed by atoms with E-state index in [0.717, 1.165) is 0 Å². The van der Waals surface area contributed by atoms with E-state index in [4.69, 9.17) is 13.7 Å². The van der Waals surface area contributed by atoms with Gasteiger partial charge in [-0.1, -0.05) is 18.2 Å². The van der Waals surface area contributed by atoms with E-state index in [0.29, 0.717) is 0 Å². The fraction of sp³-hybridized carbons (Fsp3) is 0.176. The summed E-state index contributed by atoms with van der Waals surface area (Å²) in [7, 11) is -11.8. The highest BCUT2D eigenvalue weighted by atomic mass is 32.2. The standard InChI is InChI=1S/C17H7F5O11S2/c18-16(19,20)15(17(21,22)35(27,28)29)32-14(24)7-8-9(31-13(23)6-4-2-1-3-5-6)10-11(30-8)12(7)34(25,26)33-10/h1-5,15H,(H,27,28,29). The average Bonchev–Trinajstić information content (AvgIpc) is 3.33. The van der Waals surface area contributed by atoms with Gasteiger partial charge in [0.1, 0.15) is 5.56 Å². The molecule has 0 radical (unpaired) electrons. The van der Waals surface area contributed by atoms with Gasteiger partial charge in [0.05, 0.1) is 5.56 Å². The van der Waals surface area contributed by atoms with Crippen molar-refractivity contribution in [3.63, 3.8) is 0 Å². The van der Waals surface area contributed by atoms with E-state index in [-0.39, 0.29) is 5.56 Å². The molecular formula is C17H7F5O11S2. The first kappa shape index (κ1) is 24.6. The molecule has 0 spiro atoms. The predicted octanol–water partition coefficient (Wildman–Crippen LogP) is 2.74. The number of carbonyl (C=O) groups excluding carboxylic acids is 2. The zero-order chi connectivity index (χ0) is 26.1. The van der Waals surface area contributed by atoms with Crippen LogP contribution < -0.4 is 8.92 Å². The molecule has 2 bridgehead atoms. The Morgan fingerprint density at radius 1 is 1.00 bits per heavy atom. The highest BCUT2D eigenvalue weighted by molar-refractivity contribution is 7.87. The summed E-state index contributed by atoms with van der Waals surface area (Å²) >= 11 is 0. The molecule has 1 aliphatic heterocycles. The van der Waals surface area contributed by atoms with Gasteiger partial charge in [0.2, 0.25) is 11.5 Å². The Labute approximate surface area is 190 Å². The Morgan fingerprint density at radius 2 is 1.60 bits per heavy atom. The number of furan rings is 2. The lowest BCUT2D eigenvalue weighted by Gasteiger charge is -2.25. The maximum absolute atomic E-state index is 13.8.